The largest absolute Gasteiger partial charge is 0.483 e. The molecular formula is C22H23BrN2O2S. The van der Waals surface area contributed by atoms with Gasteiger partial charge in [-0.3, -0.25) is 10.1 Å². The highest BCUT2D eigenvalue weighted by molar-refractivity contribution is 9.10. The third-order valence-electron chi connectivity index (χ3n) is 4.40. The Morgan fingerprint density at radius 2 is 2.00 bits per heavy atom. The normalized spacial score (nSPS) is 10.9. The number of thiazole rings is 1. The van der Waals surface area contributed by atoms with Crippen LogP contribution in [-0.4, -0.2) is 17.5 Å². The Kier molecular flexibility index (Phi) is 6.52. The van der Waals surface area contributed by atoms with Gasteiger partial charge >= 0.3 is 0 Å². The summed E-state index contributed by atoms with van der Waals surface area (Å²) < 4.78 is 6.50. The van der Waals surface area contributed by atoms with E-state index >= 15 is 0 Å². The molecule has 3 aromatic rings. The molecule has 0 fully saturated rings. The van der Waals surface area contributed by atoms with Crippen molar-refractivity contribution in [1.29, 1.82) is 0 Å². The first-order valence-electron chi connectivity index (χ1n) is 9.08. The van der Waals surface area contributed by atoms with E-state index < -0.39 is 0 Å². The monoisotopic (exact) mass is 458 g/mol. The highest BCUT2D eigenvalue weighted by atomic mass is 79.9. The van der Waals surface area contributed by atoms with Crippen LogP contribution in [0.15, 0.2) is 46.3 Å². The smallest absolute Gasteiger partial charge is 0.264 e. The Hall–Kier alpha value is -2.18. The fourth-order valence-electron chi connectivity index (χ4n) is 2.76. The maximum atomic E-state index is 12.3. The van der Waals surface area contributed by atoms with E-state index in [0.717, 1.165) is 21.3 Å². The first kappa shape index (κ1) is 20.6. The Labute approximate surface area is 178 Å². The molecule has 3 rings (SSSR count). The minimum Gasteiger partial charge on any atom is -0.483 e. The van der Waals surface area contributed by atoms with Crippen molar-refractivity contribution in [2.75, 3.05) is 11.9 Å². The van der Waals surface area contributed by atoms with E-state index in [-0.39, 0.29) is 12.5 Å². The van der Waals surface area contributed by atoms with Crippen molar-refractivity contribution >= 4 is 38.3 Å². The second-order valence-corrected chi connectivity index (χ2v) is 8.75. The van der Waals surface area contributed by atoms with Crippen LogP contribution >= 0.6 is 27.3 Å². The average molecular weight is 459 g/mol. The van der Waals surface area contributed by atoms with Gasteiger partial charge in [-0.15, -0.1) is 11.3 Å². The third kappa shape index (κ3) is 5.00. The molecule has 0 spiro atoms. The lowest BCUT2D eigenvalue weighted by Crippen LogP contribution is -2.20. The van der Waals surface area contributed by atoms with Crippen LogP contribution in [0.5, 0.6) is 5.75 Å². The van der Waals surface area contributed by atoms with E-state index in [9.17, 15) is 4.79 Å². The number of nitrogens with one attached hydrogen (secondary N) is 1. The van der Waals surface area contributed by atoms with Crippen molar-refractivity contribution in [1.82, 2.24) is 4.98 Å². The van der Waals surface area contributed by atoms with Crippen molar-refractivity contribution in [3.05, 3.63) is 62.9 Å². The Morgan fingerprint density at radius 3 is 2.71 bits per heavy atom. The summed E-state index contributed by atoms with van der Waals surface area (Å²) in [4.78, 5) is 16.8. The molecule has 0 aliphatic carbocycles. The number of carbonyl (C=O) groups is 1. The van der Waals surface area contributed by atoms with Gasteiger partial charge in [0.15, 0.2) is 11.7 Å². The van der Waals surface area contributed by atoms with Crippen molar-refractivity contribution < 1.29 is 9.53 Å². The molecule has 1 aromatic heterocycles. The zero-order chi connectivity index (χ0) is 20.3. The lowest BCUT2D eigenvalue weighted by atomic mass is 10.0. The predicted octanol–water partition coefficient (Wildman–Crippen LogP) is 6.33. The van der Waals surface area contributed by atoms with Gasteiger partial charge in [-0.1, -0.05) is 37.6 Å². The quantitative estimate of drug-likeness (QED) is 0.469. The second kappa shape index (κ2) is 8.88. The van der Waals surface area contributed by atoms with Crippen LogP contribution in [0.2, 0.25) is 0 Å². The summed E-state index contributed by atoms with van der Waals surface area (Å²) in [6.07, 6.45) is 0. The van der Waals surface area contributed by atoms with Crippen LogP contribution in [0.3, 0.4) is 0 Å². The first-order chi connectivity index (χ1) is 13.3. The van der Waals surface area contributed by atoms with Gasteiger partial charge in [0.2, 0.25) is 0 Å². The van der Waals surface area contributed by atoms with E-state index in [1.54, 1.807) is 0 Å². The second-order valence-electron chi connectivity index (χ2n) is 7.04. The van der Waals surface area contributed by atoms with Gasteiger partial charge in [0.25, 0.3) is 5.91 Å². The number of carbonyl (C=O) groups excluding carboxylic acids is 1. The molecular weight excluding hydrogens is 436 g/mol. The zero-order valence-electron chi connectivity index (χ0n) is 16.4. The summed E-state index contributed by atoms with van der Waals surface area (Å²) in [5.74, 6) is 0.848. The van der Waals surface area contributed by atoms with Crippen LogP contribution in [0.4, 0.5) is 5.13 Å². The van der Waals surface area contributed by atoms with Gasteiger partial charge in [-0.2, -0.15) is 0 Å². The number of rotatable bonds is 6. The number of aromatic nitrogens is 1. The number of halogens is 1. The van der Waals surface area contributed by atoms with E-state index in [1.165, 1.54) is 22.5 Å². The maximum Gasteiger partial charge on any atom is 0.264 e. The zero-order valence-corrected chi connectivity index (χ0v) is 18.8. The Balaban J connectivity index is 1.62. The lowest BCUT2D eigenvalue weighted by Gasteiger charge is -2.11. The first-order valence-corrected chi connectivity index (χ1v) is 10.8. The summed E-state index contributed by atoms with van der Waals surface area (Å²) in [5.41, 5.74) is 5.51. The highest BCUT2D eigenvalue weighted by Crippen LogP contribution is 2.30. The molecule has 6 heteroatoms. The molecule has 0 radical (unpaired) electrons. The molecule has 146 valence electrons. The average Bonchev–Trinajstić information content (AvgIpc) is 3.10. The summed E-state index contributed by atoms with van der Waals surface area (Å²) >= 11 is 4.92. The SMILES string of the molecule is Cc1ccc(C)c(-c2csc(NC(=O)COc3ccc(C(C)C)cc3Br)n2)c1. The van der Waals surface area contributed by atoms with Crippen LogP contribution in [0.25, 0.3) is 11.3 Å². The Bertz CT molecular complexity index is 998. The number of ether oxygens (including phenoxy) is 1. The number of benzene rings is 2. The number of aryl methyl sites for hydroxylation is 2. The molecule has 28 heavy (non-hydrogen) atoms. The molecule has 1 N–H and O–H groups in total. The highest BCUT2D eigenvalue weighted by Gasteiger charge is 2.12. The molecule has 0 unspecified atom stereocenters. The maximum absolute atomic E-state index is 12.3. The van der Waals surface area contributed by atoms with Crippen molar-refractivity contribution in [3.8, 4) is 17.0 Å². The molecule has 0 aliphatic heterocycles. The third-order valence-corrected chi connectivity index (χ3v) is 5.78. The van der Waals surface area contributed by atoms with Gasteiger partial charge in [-0.05, 0) is 65.0 Å². The van der Waals surface area contributed by atoms with E-state index in [2.05, 4.69) is 72.1 Å². The van der Waals surface area contributed by atoms with Crippen LogP contribution in [0.1, 0.15) is 36.5 Å². The summed E-state index contributed by atoms with van der Waals surface area (Å²) in [7, 11) is 0. The number of hydrogen-bond donors (Lipinski definition) is 1. The number of hydrogen-bond acceptors (Lipinski definition) is 4. The topological polar surface area (TPSA) is 51.2 Å². The number of anilines is 1. The van der Waals surface area contributed by atoms with Crippen LogP contribution < -0.4 is 10.1 Å². The van der Waals surface area contributed by atoms with Crippen molar-refractivity contribution in [3.63, 3.8) is 0 Å². The predicted molar refractivity (Wildman–Crippen MR) is 119 cm³/mol. The Morgan fingerprint density at radius 1 is 1.21 bits per heavy atom. The molecule has 4 nitrogen and oxygen atoms in total. The minimum absolute atomic E-state index is 0.0714. The fourth-order valence-corrected chi connectivity index (χ4v) is 4.00. The lowest BCUT2D eigenvalue weighted by molar-refractivity contribution is -0.118. The molecule has 1 heterocycles. The van der Waals surface area contributed by atoms with Crippen LogP contribution in [-0.2, 0) is 4.79 Å². The molecule has 2 aromatic carbocycles. The molecule has 0 atom stereocenters. The fraction of sp³-hybridized carbons (Fsp3) is 0.273. The van der Waals surface area contributed by atoms with E-state index in [0.29, 0.717) is 16.8 Å². The summed E-state index contributed by atoms with van der Waals surface area (Å²) in [6, 6.07) is 12.2. The van der Waals surface area contributed by atoms with Gasteiger partial charge in [0.05, 0.1) is 10.2 Å². The summed E-state index contributed by atoms with van der Waals surface area (Å²) in [6.45, 7) is 8.31. The van der Waals surface area contributed by atoms with Gasteiger partial charge < -0.3 is 4.74 Å². The molecule has 0 aliphatic rings. The molecule has 0 saturated carbocycles. The van der Waals surface area contributed by atoms with Gasteiger partial charge in [-0.25, -0.2) is 4.98 Å². The van der Waals surface area contributed by atoms with Crippen molar-refractivity contribution in [2.24, 2.45) is 0 Å². The molecule has 0 saturated heterocycles. The van der Waals surface area contributed by atoms with E-state index in [1.807, 2.05) is 23.6 Å². The van der Waals surface area contributed by atoms with Crippen molar-refractivity contribution in [2.45, 2.75) is 33.6 Å². The summed E-state index contributed by atoms with van der Waals surface area (Å²) in [5, 5.41) is 5.34. The van der Waals surface area contributed by atoms with Gasteiger partial charge in [0.1, 0.15) is 5.75 Å². The molecule has 0 bridgehead atoms. The number of amides is 1. The standard InChI is InChI=1S/C22H23BrN2O2S/c1-13(2)16-7-8-20(18(23)10-16)27-11-21(26)25-22-24-19(12-28-22)17-9-14(3)5-6-15(17)4/h5-10,12-13H,11H2,1-4H3,(H,24,25,26). The van der Waals surface area contributed by atoms with E-state index in [4.69, 9.17) is 4.74 Å². The number of nitrogens with zero attached hydrogens (tertiary/aromatic N) is 1. The van der Waals surface area contributed by atoms with Crippen LogP contribution in [0, 0.1) is 13.8 Å². The molecule has 1 amide bonds. The minimum atomic E-state index is -0.235. The van der Waals surface area contributed by atoms with Gasteiger partial charge in [0, 0.05) is 10.9 Å².